The second kappa shape index (κ2) is 7.95. The van der Waals surface area contributed by atoms with E-state index in [1.54, 1.807) is 6.07 Å². The van der Waals surface area contributed by atoms with E-state index >= 15 is 0 Å². The Bertz CT molecular complexity index is 595. The first-order valence-electron chi connectivity index (χ1n) is 7.10. The molecule has 0 saturated carbocycles. The summed E-state index contributed by atoms with van der Waals surface area (Å²) in [5.74, 6) is -0.814. The Kier molecular flexibility index (Phi) is 5.96. The van der Waals surface area contributed by atoms with Crippen LogP contribution in [0.4, 0.5) is 13.2 Å². The lowest BCUT2D eigenvalue weighted by Gasteiger charge is -2.26. The third-order valence-corrected chi connectivity index (χ3v) is 3.09. The largest absolute Gasteiger partial charge is 0.468 e. The average Bonchev–Trinajstić information content (AvgIpc) is 2.53. The predicted molar refractivity (Wildman–Crippen MR) is 75.0 cm³/mol. The van der Waals surface area contributed by atoms with Gasteiger partial charge in [0.2, 0.25) is 17.7 Å². The lowest BCUT2D eigenvalue weighted by atomic mass is 10.2. The fraction of sp³-hybridized carbons (Fsp3) is 0.500. The summed E-state index contributed by atoms with van der Waals surface area (Å²) < 4.78 is 45.8. The van der Waals surface area contributed by atoms with Crippen LogP contribution in [-0.4, -0.2) is 60.8 Å². The van der Waals surface area contributed by atoms with Crippen LogP contribution in [0.1, 0.15) is 5.56 Å². The Morgan fingerprint density at radius 2 is 2.25 bits per heavy atom. The summed E-state index contributed by atoms with van der Waals surface area (Å²) in [7, 11) is 0. The van der Waals surface area contributed by atoms with Gasteiger partial charge in [-0.1, -0.05) is 0 Å². The van der Waals surface area contributed by atoms with Crippen LogP contribution in [0.15, 0.2) is 18.3 Å². The highest BCUT2D eigenvalue weighted by Gasteiger charge is 2.28. The summed E-state index contributed by atoms with van der Waals surface area (Å²) in [4.78, 5) is 28.4. The molecule has 10 heteroatoms. The molecule has 7 nitrogen and oxygen atoms in total. The minimum Gasteiger partial charge on any atom is -0.468 e. The number of pyridine rings is 1. The smallest absolute Gasteiger partial charge is 0.422 e. The fourth-order valence-electron chi connectivity index (χ4n) is 1.94. The quantitative estimate of drug-likeness (QED) is 0.810. The van der Waals surface area contributed by atoms with Crippen LogP contribution in [0.5, 0.6) is 5.88 Å². The normalized spacial score (nSPS) is 15.3. The van der Waals surface area contributed by atoms with Gasteiger partial charge >= 0.3 is 6.18 Å². The molecule has 0 radical (unpaired) electrons. The van der Waals surface area contributed by atoms with E-state index in [0.717, 1.165) is 0 Å². The number of ether oxygens (including phenoxy) is 2. The van der Waals surface area contributed by atoms with Gasteiger partial charge in [-0.05, 0) is 11.6 Å². The molecule has 1 aliphatic rings. The first kappa shape index (κ1) is 18.0. The highest BCUT2D eigenvalue weighted by atomic mass is 19.4. The molecule has 0 aromatic carbocycles. The van der Waals surface area contributed by atoms with E-state index in [0.29, 0.717) is 18.7 Å². The maximum Gasteiger partial charge on any atom is 0.422 e. The van der Waals surface area contributed by atoms with Crippen LogP contribution in [-0.2, 0) is 20.9 Å². The molecule has 132 valence electrons. The number of hydrogen-bond acceptors (Lipinski definition) is 5. The highest BCUT2D eigenvalue weighted by Crippen LogP contribution is 2.17. The van der Waals surface area contributed by atoms with E-state index < -0.39 is 12.8 Å². The number of morpholine rings is 1. The van der Waals surface area contributed by atoms with Crippen LogP contribution < -0.4 is 10.1 Å². The number of amides is 2. The third-order valence-electron chi connectivity index (χ3n) is 3.09. The number of rotatable bonds is 6. The Hall–Kier alpha value is -2.36. The predicted octanol–water partition coefficient (Wildman–Crippen LogP) is 0.498. The maximum atomic E-state index is 12.1. The number of nitrogens with one attached hydrogen (secondary N) is 1. The van der Waals surface area contributed by atoms with Crippen LogP contribution in [0.2, 0.25) is 0 Å². The fourth-order valence-corrected chi connectivity index (χ4v) is 1.94. The van der Waals surface area contributed by atoms with Crippen molar-refractivity contribution in [2.24, 2.45) is 0 Å². The number of hydrogen-bond donors (Lipinski definition) is 1. The lowest BCUT2D eigenvalue weighted by Crippen LogP contribution is -2.46. The van der Waals surface area contributed by atoms with E-state index in [1.807, 2.05) is 0 Å². The van der Waals surface area contributed by atoms with Gasteiger partial charge in [-0.15, -0.1) is 0 Å². The van der Waals surface area contributed by atoms with Gasteiger partial charge in [-0.3, -0.25) is 9.59 Å². The number of halogens is 3. The van der Waals surface area contributed by atoms with Crippen molar-refractivity contribution in [1.29, 1.82) is 0 Å². The molecule has 0 bridgehead atoms. The minimum atomic E-state index is -4.45. The molecule has 0 unspecified atom stereocenters. The molecular weight excluding hydrogens is 331 g/mol. The third kappa shape index (κ3) is 6.03. The van der Waals surface area contributed by atoms with Crippen LogP contribution in [0, 0.1) is 0 Å². The standard InChI is InChI=1S/C14H16F3N3O4/c15-14(16,17)9-24-12-5-10(1-2-18-12)6-19-11(21)7-20-3-4-23-8-13(20)22/h1-2,5H,3-4,6-9H2,(H,19,21). The van der Waals surface area contributed by atoms with Gasteiger partial charge in [0.1, 0.15) is 6.61 Å². The molecule has 24 heavy (non-hydrogen) atoms. The van der Waals surface area contributed by atoms with Gasteiger partial charge in [0.05, 0.1) is 13.2 Å². The monoisotopic (exact) mass is 347 g/mol. The topological polar surface area (TPSA) is 80.8 Å². The van der Waals surface area contributed by atoms with Gasteiger partial charge in [-0.25, -0.2) is 4.98 Å². The molecule has 1 saturated heterocycles. The summed E-state index contributed by atoms with van der Waals surface area (Å²) in [5, 5.41) is 2.59. The first-order valence-corrected chi connectivity index (χ1v) is 7.10. The summed E-state index contributed by atoms with van der Waals surface area (Å²) in [6.07, 6.45) is -3.16. The van der Waals surface area contributed by atoms with Crippen LogP contribution >= 0.6 is 0 Å². The number of carbonyl (C=O) groups excluding carboxylic acids is 2. The van der Waals surface area contributed by atoms with E-state index in [9.17, 15) is 22.8 Å². The number of carbonyl (C=O) groups is 2. The molecule has 0 atom stereocenters. The molecule has 1 aromatic rings. The van der Waals surface area contributed by atoms with Gasteiger partial charge in [-0.2, -0.15) is 13.2 Å². The van der Waals surface area contributed by atoms with Crippen molar-refractivity contribution in [3.05, 3.63) is 23.9 Å². The van der Waals surface area contributed by atoms with Crippen molar-refractivity contribution in [3.8, 4) is 5.88 Å². The van der Waals surface area contributed by atoms with Gasteiger partial charge in [0.15, 0.2) is 6.61 Å². The van der Waals surface area contributed by atoms with Gasteiger partial charge in [0, 0.05) is 25.4 Å². The van der Waals surface area contributed by atoms with Crippen molar-refractivity contribution >= 4 is 11.8 Å². The van der Waals surface area contributed by atoms with Crippen LogP contribution in [0.25, 0.3) is 0 Å². The number of aromatic nitrogens is 1. The molecule has 1 aromatic heterocycles. The average molecular weight is 347 g/mol. The molecule has 1 fully saturated rings. The SMILES string of the molecule is O=C(CN1CCOCC1=O)NCc1ccnc(OCC(F)(F)F)c1. The highest BCUT2D eigenvalue weighted by molar-refractivity contribution is 5.85. The van der Waals surface area contributed by atoms with Crippen molar-refractivity contribution < 1.29 is 32.2 Å². The second-order valence-corrected chi connectivity index (χ2v) is 5.05. The lowest BCUT2D eigenvalue weighted by molar-refractivity contribution is -0.154. The summed E-state index contributed by atoms with van der Waals surface area (Å²) in [6.45, 7) is -0.764. The summed E-state index contributed by atoms with van der Waals surface area (Å²) in [6, 6.07) is 2.85. The molecule has 2 rings (SSSR count). The first-order chi connectivity index (χ1) is 11.3. The molecule has 1 aliphatic heterocycles. The van der Waals surface area contributed by atoms with Crippen molar-refractivity contribution in [2.75, 3.05) is 32.9 Å². The second-order valence-electron chi connectivity index (χ2n) is 5.05. The van der Waals surface area contributed by atoms with Gasteiger partial charge in [0.25, 0.3) is 0 Å². The van der Waals surface area contributed by atoms with Crippen molar-refractivity contribution in [1.82, 2.24) is 15.2 Å². The maximum absolute atomic E-state index is 12.1. The summed E-state index contributed by atoms with van der Waals surface area (Å²) in [5.41, 5.74) is 0.531. The van der Waals surface area contributed by atoms with E-state index in [4.69, 9.17) is 4.74 Å². The van der Waals surface area contributed by atoms with E-state index in [2.05, 4.69) is 15.0 Å². The minimum absolute atomic E-state index is 0.0441. The van der Waals surface area contributed by atoms with Crippen molar-refractivity contribution in [2.45, 2.75) is 12.7 Å². The van der Waals surface area contributed by atoms with Gasteiger partial charge < -0.3 is 19.7 Å². The van der Waals surface area contributed by atoms with E-state index in [-0.39, 0.29) is 37.4 Å². The number of alkyl halides is 3. The Morgan fingerprint density at radius 1 is 1.46 bits per heavy atom. The summed E-state index contributed by atoms with van der Waals surface area (Å²) >= 11 is 0. The Morgan fingerprint density at radius 3 is 2.96 bits per heavy atom. The van der Waals surface area contributed by atoms with Crippen molar-refractivity contribution in [3.63, 3.8) is 0 Å². The molecule has 0 aliphatic carbocycles. The zero-order valence-corrected chi connectivity index (χ0v) is 12.6. The molecular formula is C14H16F3N3O4. The molecule has 1 N–H and O–H groups in total. The zero-order chi connectivity index (χ0) is 17.6. The zero-order valence-electron chi connectivity index (χ0n) is 12.6. The van der Waals surface area contributed by atoms with Crippen LogP contribution in [0.3, 0.4) is 0 Å². The molecule has 2 amide bonds. The molecule has 2 heterocycles. The molecule has 0 spiro atoms. The van der Waals surface area contributed by atoms with E-state index in [1.165, 1.54) is 17.2 Å². The number of nitrogens with zero attached hydrogens (tertiary/aromatic N) is 2. The Balaban J connectivity index is 1.80. The Labute approximate surface area is 135 Å².